The summed E-state index contributed by atoms with van der Waals surface area (Å²) in [7, 11) is 0. The largest absolute Gasteiger partial charge is 0.452 e. The van der Waals surface area contributed by atoms with Crippen LogP contribution in [-0.2, 0) is 22.4 Å². The number of amides is 3. The number of esters is 1. The van der Waals surface area contributed by atoms with Crippen LogP contribution in [0, 0.1) is 0 Å². The standard InChI is InChI=1S/C20H25N3O4/c1-2-3-10-21-20(26)23-18(24)12-27-19(25)13-8-9-17-15(11-13)14-6-4-5-7-16(14)22-17/h8-9,11,22H,2-7,10,12H2,1H3,(H2,21,23,24,26). The number of aromatic nitrogens is 1. The SMILES string of the molecule is CCCCNC(=O)NC(=O)COC(=O)c1ccc2[nH]c3c(c2c1)CCCC3. The third-order valence-electron chi connectivity index (χ3n) is 4.74. The van der Waals surface area contributed by atoms with Gasteiger partial charge >= 0.3 is 12.0 Å². The molecule has 0 saturated carbocycles. The smallest absolute Gasteiger partial charge is 0.338 e. The highest BCUT2D eigenvalue weighted by Gasteiger charge is 2.18. The van der Waals surface area contributed by atoms with Gasteiger partial charge in [0.25, 0.3) is 5.91 Å². The van der Waals surface area contributed by atoms with Gasteiger partial charge < -0.3 is 15.0 Å². The first-order valence-electron chi connectivity index (χ1n) is 9.46. The number of rotatable bonds is 6. The Morgan fingerprint density at radius 2 is 2.00 bits per heavy atom. The number of imide groups is 1. The van der Waals surface area contributed by atoms with Gasteiger partial charge in [-0.15, -0.1) is 0 Å². The molecule has 1 aromatic carbocycles. The Labute approximate surface area is 157 Å². The first kappa shape index (κ1) is 18.9. The Morgan fingerprint density at radius 1 is 1.19 bits per heavy atom. The van der Waals surface area contributed by atoms with E-state index in [0.717, 1.165) is 43.0 Å². The summed E-state index contributed by atoms with van der Waals surface area (Å²) >= 11 is 0. The zero-order chi connectivity index (χ0) is 19.2. The van der Waals surface area contributed by atoms with Crippen LogP contribution in [-0.4, -0.2) is 36.0 Å². The molecule has 1 aliphatic carbocycles. The van der Waals surface area contributed by atoms with E-state index < -0.39 is 24.5 Å². The van der Waals surface area contributed by atoms with Gasteiger partial charge in [0.05, 0.1) is 5.56 Å². The normalized spacial score (nSPS) is 13.1. The van der Waals surface area contributed by atoms with Gasteiger partial charge in [0.2, 0.25) is 0 Å². The van der Waals surface area contributed by atoms with Crippen molar-refractivity contribution in [3.63, 3.8) is 0 Å². The lowest BCUT2D eigenvalue weighted by Gasteiger charge is -2.10. The van der Waals surface area contributed by atoms with Crippen LogP contribution in [0.25, 0.3) is 10.9 Å². The Balaban J connectivity index is 1.56. The monoisotopic (exact) mass is 371 g/mol. The number of benzene rings is 1. The fourth-order valence-electron chi connectivity index (χ4n) is 3.33. The van der Waals surface area contributed by atoms with Gasteiger partial charge in [-0.3, -0.25) is 10.1 Å². The molecule has 0 spiro atoms. The van der Waals surface area contributed by atoms with E-state index in [9.17, 15) is 14.4 Å². The van der Waals surface area contributed by atoms with E-state index in [0.29, 0.717) is 12.1 Å². The van der Waals surface area contributed by atoms with Gasteiger partial charge in [0, 0.05) is 23.1 Å². The lowest BCUT2D eigenvalue weighted by Crippen LogP contribution is -2.41. The summed E-state index contributed by atoms with van der Waals surface area (Å²) in [6, 6.07) is 4.78. The number of unbranched alkanes of at least 4 members (excludes halogenated alkanes) is 1. The number of nitrogens with one attached hydrogen (secondary N) is 3. The Kier molecular flexibility index (Phi) is 6.11. The van der Waals surface area contributed by atoms with Gasteiger partial charge in [-0.25, -0.2) is 9.59 Å². The van der Waals surface area contributed by atoms with Gasteiger partial charge in [-0.1, -0.05) is 13.3 Å². The second-order valence-corrected chi connectivity index (χ2v) is 6.78. The van der Waals surface area contributed by atoms with E-state index in [4.69, 9.17) is 4.74 Å². The first-order chi connectivity index (χ1) is 13.1. The Morgan fingerprint density at radius 3 is 2.81 bits per heavy atom. The lowest BCUT2D eigenvalue weighted by atomic mass is 9.95. The van der Waals surface area contributed by atoms with Crippen LogP contribution in [0.4, 0.5) is 4.79 Å². The average molecular weight is 371 g/mol. The highest BCUT2D eigenvalue weighted by molar-refractivity contribution is 5.99. The predicted molar refractivity (Wildman–Crippen MR) is 102 cm³/mol. The van der Waals surface area contributed by atoms with E-state index in [2.05, 4.69) is 15.6 Å². The number of fused-ring (bicyclic) bond motifs is 3. The van der Waals surface area contributed by atoms with Crippen molar-refractivity contribution >= 4 is 28.8 Å². The third-order valence-corrected chi connectivity index (χ3v) is 4.74. The molecule has 1 heterocycles. The molecule has 0 atom stereocenters. The van der Waals surface area contributed by atoms with Gasteiger partial charge in [-0.05, 0) is 55.9 Å². The molecule has 3 rings (SSSR count). The van der Waals surface area contributed by atoms with E-state index in [1.165, 1.54) is 17.7 Å². The second kappa shape index (κ2) is 8.70. The van der Waals surface area contributed by atoms with Crippen molar-refractivity contribution < 1.29 is 19.1 Å². The Bertz CT molecular complexity index is 856. The van der Waals surface area contributed by atoms with Crippen LogP contribution in [0.1, 0.15) is 54.2 Å². The minimum absolute atomic E-state index is 0.398. The zero-order valence-electron chi connectivity index (χ0n) is 15.5. The molecule has 0 radical (unpaired) electrons. The summed E-state index contributed by atoms with van der Waals surface area (Å²) in [5.41, 5.74) is 3.93. The van der Waals surface area contributed by atoms with E-state index in [-0.39, 0.29) is 0 Å². The molecule has 2 aromatic rings. The number of H-pyrrole nitrogens is 1. The number of hydrogen-bond acceptors (Lipinski definition) is 4. The number of ether oxygens (including phenoxy) is 1. The maximum atomic E-state index is 12.3. The van der Waals surface area contributed by atoms with Crippen LogP contribution >= 0.6 is 0 Å². The van der Waals surface area contributed by atoms with Crippen LogP contribution in [0.2, 0.25) is 0 Å². The van der Waals surface area contributed by atoms with E-state index in [1.54, 1.807) is 6.07 Å². The molecular formula is C20H25N3O4. The molecule has 3 N–H and O–H groups in total. The van der Waals surface area contributed by atoms with Gasteiger partial charge in [-0.2, -0.15) is 0 Å². The first-order valence-corrected chi connectivity index (χ1v) is 9.46. The van der Waals surface area contributed by atoms with Crippen LogP contribution in [0.5, 0.6) is 0 Å². The van der Waals surface area contributed by atoms with Crippen molar-refractivity contribution in [3.05, 3.63) is 35.0 Å². The summed E-state index contributed by atoms with van der Waals surface area (Å²) in [5, 5.41) is 5.75. The summed E-state index contributed by atoms with van der Waals surface area (Å²) in [6.07, 6.45) is 6.14. The molecule has 0 unspecified atom stereocenters. The van der Waals surface area contributed by atoms with Crippen LogP contribution < -0.4 is 10.6 Å². The summed E-state index contributed by atoms with van der Waals surface area (Å²) in [6.45, 7) is 2.00. The summed E-state index contributed by atoms with van der Waals surface area (Å²) in [4.78, 5) is 38.9. The van der Waals surface area contributed by atoms with Crippen molar-refractivity contribution in [1.29, 1.82) is 0 Å². The maximum Gasteiger partial charge on any atom is 0.338 e. The third kappa shape index (κ3) is 4.67. The fraction of sp³-hybridized carbons (Fsp3) is 0.450. The number of aryl methyl sites for hydroxylation is 2. The number of carbonyl (C=O) groups is 3. The molecule has 1 aromatic heterocycles. The lowest BCUT2D eigenvalue weighted by molar-refractivity contribution is -0.123. The zero-order valence-corrected chi connectivity index (χ0v) is 15.5. The van der Waals surface area contributed by atoms with E-state index >= 15 is 0 Å². The minimum Gasteiger partial charge on any atom is -0.452 e. The molecule has 7 nitrogen and oxygen atoms in total. The van der Waals surface area contributed by atoms with Crippen molar-refractivity contribution in [2.75, 3.05) is 13.2 Å². The second-order valence-electron chi connectivity index (χ2n) is 6.78. The summed E-state index contributed by atoms with van der Waals surface area (Å²) < 4.78 is 5.04. The van der Waals surface area contributed by atoms with Crippen molar-refractivity contribution in [3.8, 4) is 0 Å². The van der Waals surface area contributed by atoms with Crippen molar-refractivity contribution in [2.45, 2.75) is 45.4 Å². The molecule has 7 heteroatoms. The highest BCUT2D eigenvalue weighted by Crippen LogP contribution is 2.29. The van der Waals surface area contributed by atoms with Crippen molar-refractivity contribution in [2.24, 2.45) is 0 Å². The molecule has 3 amide bonds. The molecule has 144 valence electrons. The number of urea groups is 1. The molecule has 0 fully saturated rings. The molecular weight excluding hydrogens is 346 g/mol. The van der Waals surface area contributed by atoms with Gasteiger partial charge in [0.15, 0.2) is 6.61 Å². The van der Waals surface area contributed by atoms with Crippen LogP contribution in [0.3, 0.4) is 0 Å². The van der Waals surface area contributed by atoms with Crippen molar-refractivity contribution in [1.82, 2.24) is 15.6 Å². The minimum atomic E-state index is -0.655. The highest BCUT2D eigenvalue weighted by atomic mass is 16.5. The Hall–Kier alpha value is -2.83. The van der Waals surface area contributed by atoms with Gasteiger partial charge in [0.1, 0.15) is 0 Å². The number of carbonyl (C=O) groups excluding carboxylic acids is 3. The molecule has 27 heavy (non-hydrogen) atoms. The quantitative estimate of drug-likeness (QED) is 0.537. The van der Waals surface area contributed by atoms with Crippen LogP contribution in [0.15, 0.2) is 18.2 Å². The summed E-state index contributed by atoms with van der Waals surface area (Å²) in [5.74, 6) is -1.23. The number of aromatic amines is 1. The predicted octanol–water partition coefficient (Wildman–Crippen LogP) is 2.83. The van der Waals surface area contributed by atoms with E-state index in [1.807, 2.05) is 19.1 Å². The molecule has 1 aliphatic rings. The fourth-order valence-corrected chi connectivity index (χ4v) is 3.33. The molecule has 0 saturated heterocycles. The average Bonchev–Trinajstić information content (AvgIpc) is 3.04. The number of hydrogen-bond donors (Lipinski definition) is 3. The maximum absolute atomic E-state index is 12.3. The topological polar surface area (TPSA) is 100 Å². The molecule has 0 aliphatic heterocycles. The molecule has 0 bridgehead atoms.